The van der Waals surface area contributed by atoms with E-state index >= 15 is 0 Å². The van der Waals surface area contributed by atoms with Crippen molar-refractivity contribution in [1.82, 2.24) is 9.97 Å². The van der Waals surface area contributed by atoms with Gasteiger partial charge in [-0.3, -0.25) is 4.79 Å². The first-order chi connectivity index (χ1) is 13.5. The van der Waals surface area contributed by atoms with Crippen molar-refractivity contribution in [3.63, 3.8) is 0 Å². The van der Waals surface area contributed by atoms with Crippen LogP contribution in [0.2, 0.25) is 5.02 Å². The molecule has 1 heterocycles. The molecule has 0 saturated carbocycles. The monoisotopic (exact) mass is 458 g/mol. The fourth-order valence-electron chi connectivity index (χ4n) is 2.82. The molecule has 4 rings (SSSR count). The Morgan fingerprint density at radius 3 is 2.75 bits per heavy atom. The van der Waals surface area contributed by atoms with Gasteiger partial charge in [-0.25, -0.2) is 9.37 Å². The van der Waals surface area contributed by atoms with E-state index in [2.05, 4.69) is 25.9 Å². The maximum absolute atomic E-state index is 13.2. The number of rotatable bonds is 4. The average Bonchev–Trinajstić information content (AvgIpc) is 2.68. The van der Waals surface area contributed by atoms with E-state index in [0.717, 1.165) is 4.47 Å². The Morgan fingerprint density at radius 2 is 1.93 bits per heavy atom. The highest BCUT2D eigenvalue weighted by molar-refractivity contribution is 9.10. The number of benzene rings is 3. The van der Waals surface area contributed by atoms with Crippen LogP contribution in [0, 0.1) is 5.82 Å². The van der Waals surface area contributed by atoms with Crippen LogP contribution >= 0.6 is 27.5 Å². The highest BCUT2D eigenvalue weighted by atomic mass is 79.9. The van der Waals surface area contributed by atoms with Crippen LogP contribution in [-0.2, 0) is 6.61 Å². The van der Waals surface area contributed by atoms with Gasteiger partial charge in [0.15, 0.2) is 0 Å². The summed E-state index contributed by atoms with van der Waals surface area (Å²) in [5.41, 5.74) is 1.63. The molecule has 140 valence electrons. The molecular formula is C21H13BrClFN2O2. The molecule has 7 heteroatoms. The first kappa shape index (κ1) is 18.7. The number of nitrogens with zero attached hydrogens (tertiary/aromatic N) is 1. The predicted molar refractivity (Wildman–Crippen MR) is 111 cm³/mol. The lowest BCUT2D eigenvalue weighted by atomic mass is 10.1. The van der Waals surface area contributed by atoms with Crippen molar-refractivity contribution in [3.8, 4) is 17.1 Å². The number of aromatic nitrogens is 2. The molecule has 0 aliphatic carbocycles. The highest BCUT2D eigenvalue weighted by Gasteiger charge is 2.13. The van der Waals surface area contributed by atoms with Crippen LogP contribution in [0.5, 0.6) is 5.75 Å². The zero-order valence-electron chi connectivity index (χ0n) is 14.4. The summed E-state index contributed by atoms with van der Waals surface area (Å²) >= 11 is 9.52. The maximum atomic E-state index is 13.2. The molecule has 4 aromatic rings. The van der Waals surface area contributed by atoms with E-state index in [1.54, 1.807) is 30.3 Å². The number of ether oxygens (including phenoxy) is 1. The van der Waals surface area contributed by atoms with Gasteiger partial charge in [-0.15, -0.1) is 0 Å². The number of hydrogen-bond acceptors (Lipinski definition) is 3. The second-order valence-corrected chi connectivity index (χ2v) is 7.42. The molecule has 1 aromatic heterocycles. The lowest BCUT2D eigenvalue weighted by Gasteiger charge is -2.13. The summed E-state index contributed by atoms with van der Waals surface area (Å²) in [6.07, 6.45) is 0. The van der Waals surface area contributed by atoms with Crippen molar-refractivity contribution in [1.29, 1.82) is 0 Å². The quantitative estimate of drug-likeness (QED) is 0.424. The van der Waals surface area contributed by atoms with E-state index in [-0.39, 0.29) is 17.2 Å². The summed E-state index contributed by atoms with van der Waals surface area (Å²) in [5.74, 6) is 0.503. The van der Waals surface area contributed by atoms with Gasteiger partial charge in [0.05, 0.1) is 21.5 Å². The van der Waals surface area contributed by atoms with Crippen LogP contribution in [0.15, 0.2) is 69.9 Å². The average molecular weight is 460 g/mol. The minimum atomic E-state index is -0.406. The number of aromatic amines is 1. The fourth-order valence-corrected chi connectivity index (χ4v) is 3.40. The standard InChI is InChI=1S/C21H13BrClFN2O2/c22-13-6-8-19(28-11-12-5-7-14(24)10-17(12)23)16(9-13)20-25-18-4-2-1-3-15(18)21(27)26-20/h1-10H,11H2,(H,25,26,27). The zero-order valence-corrected chi connectivity index (χ0v) is 16.7. The molecular weight excluding hydrogens is 447 g/mol. The molecule has 0 unspecified atom stereocenters. The number of fused-ring (bicyclic) bond motifs is 1. The lowest BCUT2D eigenvalue weighted by Crippen LogP contribution is -2.10. The maximum Gasteiger partial charge on any atom is 0.259 e. The van der Waals surface area contributed by atoms with Crippen molar-refractivity contribution in [3.05, 3.63) is 91.9 Å². The zero-order chi connectivity index (χ0) is 19.7. The summed E-state index contributed by atoms with van der Waals surface area (Å²) in [4.78, 5) is 19.8. The Balaban J connectivity index is 1.74. The van der Waals surface area contributed by atoms with Gasteiger partial charge in [-0.2, -0.15) is 0 Å². The first-order valence-electron chi connectivity index (χ1n) is 8.37. The Morgan fingerprint density at radius 1 is 1.11 bits per heavy atom. The summed E-state index contributed by atoms with van der Waals surface area (Å²) in [7, 11) is 0. The van der Waals surface area contributed by atoms with Crippen LogP contribution in [0.4, 0.5) is 4.39 Å². The Kier molecular flexibility index (Phi) is 5.15. The molecule has 0 spiro atoms. The summed E-state index contributed by atoms with van der Waals surface area (Å²) < 4.78 is 20.0. The highest BCUT2D eigenvalue weighted by Crippen LogP contribution is 2.32. The summed E-state index contributed by atoms with van der Waals surface area (Å²) in [6, 6.07) is 16.7. The van der Waals surface area contributed by atoms with Crippen LogP contribution in [0.25, 0.3) is 22.3 Å². The van der Waals surface area contributed by atoms with Crippen LogP contribution in [0.3, 0.4) is 0 Å². The molecule has 0 aliphatic rings. The predicted octanol–water partition coefficient (Wildman–Crippen LogP) is 5.72. The Labute approximate surface area is 173 Å². The number of para-hydroxylation sites is 1. The third-order valence-electron chi connectivity index (χ3n) is 4.21. The Bertz CT molecular complexity index is 1240. The molecule has 0 saturated heterocycles. The largest absolute Gasteiger partial charge is 0.488 e. The Hall–Kier alpha value is -2.70. The second-order valence-electron chi connectivity index (χ2n) is 6.10. The van der Waals surface area contributed by atoms with Gasteiger partial charge in [-0.05, 0) is 42.5 Å². The number of hydrogen-bond donors (Lipinski definition) is 1. The molecule has 1 N–H and O–H groups in total. The SMILES string of the molecule is O=c1[nH]c(-c2cc(Br)ccc2OCc2ccc(F)cc2Cl)nc2ccccc12. The molecule has 3 aromatic carbocycles. The minimum Gasteiger partial charge on any atom is -0.488 e. The number of nitrogens with one attached hydrogen (secondary N) is 1. The van der Waals surface area contributed by atoms with Crippen molar-refractivity contribution < 1.29 is 9.13 Å². The molecule has 0 atom stereocenters. The normalized spacial score (nSPS) is 11.0. The number of H-pyrrole nitrogens is 1. The van der Waals surface area contributed by atoms with Gasteiger partial charge in [0.25, 0.3) is 5.56 Å². The molecule has 0 radical (unpaired) electrons. The van der Waals surface area contributed by atoms with E-state index in [9.17, 15) is 9.18 Å². The molecule has 4 nitrogen and oxygen atoms in total. The van der Waals surface area contributed by atoms with Gasteiger partial charge >= 0.3 is 0 Å². The van der Waals surface area contributed by atoms with Crippen molar-refractivity contribution in [2.24, 2.45) is 0 Å². The van der Waals surface area contributed by atoms with E-state index < -0.39 is 5.82 Å². The van der Waals surface area contributed by atoms with Crippen molar-refractivity contribution >= 4 is 38.4 Å². The topological polar surface area (TPSA) is 55.0 Å². The fraction of sp³-hybridized carbons (Fsp3) is 0.0476. The third-order valence-corrected chi connectivity index (χ3v) is 5.05. The second kappa shape index (κ2) is 7.73. The van der Waals surface area contributed by atoms with Crippen LogP contribution in [-0.4, -0.2) is 9.97 Å². The molecule has 0 aliphatic heterocycles. The minimum absolute atomic E-state index is 0.144. The molecule has 0 fully saturated rings. The van der Waals surface area contributed by atoms with E-state index in [0.29, 0.717) is 33.6 Å². The van der Waals surface area contributed by atoms with Gasteiger partial charge in [0.1, 0.15) is 24.0 Å². The van der Waals surface area contributed by atoms with E-state index in [1.807, 2.05) is 18.2 Å². The van der Waals surface area contributed by atoms with E-state index in [1.165, 1.54) is 12.1 Å². The lowest BCUT2D eigenvalue weighted by molar-refractivity contribution is 0.307. The van der Waals surface area contributed by atoms with Gasteiger partial charge < -0.3 is 9.72 Å². The first-order valence-corrected chi connectivity index (χ1v) is 9.54. The smallest absolute Gasteiger partial charge is 0.259 e. The van der Waals surface area contributed by atoms with Crippen molar-refractivity contribution in [2.75, 3.05) is 0 Å². The van der Waals surface area contributed by atoms with E-state index in [4.69, 9.17) is 16.3 Å². The summed E-state index contributed by atoms with van der Waals surface area (Å²) in [5, 5.41) is 0.803. The van der Waals surface area contributed by atoms with Gasteiger partial charge in [0.2, 0.25) is 0 Å². The van der Waals surface area contributed by atoms with Gasteiger partial charge in [-0.1, -0.05) is 45.7 Å². The number of halogens is 3. The molecule has 0 amide bonds. The molecule has 0 bridgehead atoms. The van der Waals surface area contributed by atoms with Crippen LogP contribution < -0.4 is 10.3 Å². The van der Waals surface area contributed by atoms with Crippen LogP contribution in [0.1, 0.15) is 5.56 Å². The molecule has 28 heavy (non-hydrogen) atoms. The summed E-state index contributed by atoms with van der Waals surface area (Å²) in [6.45, 7) is 0.144. The van der Waals surface area contributed by atoms with Gasteiger partial charge in [0, 0.05) is 10.0 Å². The third kappa shape index (κ3) is 3.79. The van der Waals surface area contributed by atoms with Crippen molar-refractivity contribution in [2.45, 2.75) is 6.61 Å².